The van der Waals surface area contributed by atoms with Crippen LogP contribution in [0.15, 0.2) is 65.0 Å². The van der Waals surface area contributed by atoms with Gasteiger partial charge in [0.15, 0.2) is 0 Å². The van der Waals surface area contributed by atoms with E-state index in [1.54, 1.807) is 12.1 Å². The van der Waals surface area contributed by atoms with Gasteiger partial charge in [-0.2, -0.15) is 0 Å². The van der Waals surface area contributed by atoms with E-state index >= 15 is 0 Å². The highest BCUT2D eigenvalue weighted by molar-refractivity contribution is 8.00. The molecule has 2 heterocycles. The molecule has 1 aliphatic heterocycles. The van der Waals surface area contributed by atoms with Crippen molar-refractivity contribution in [2.24, 2.45) is 0 Å². The lowest BCUT2D eigenvalue weighted by Gasteiger charge is -2.10. The van der Waals surface area contributed by atoms with Gasteiger partial charge in [-0.25, -0.2) is 4.39 Å². The van der Waals surface area contributed by atoms with E-state index in [1.807, 2.05) is 38.4 Å². The van der Waals surface area contributed by atoms with Gasteiger partial charge in [0.2, 0.25) is 0 Å². The van der Waals surface area contributed by atoms with Gasteiger partial charge in [0.05, 0.1) is 32.9 Å². The zero-order valence-corrected chi connectivity index (χ0v) is 20.3. The van der Waals surface area contributed by atoms with Crippen LogP contribution in [-0.2, 0) is 0 Å². The Morgan fingerprint density at radius 3 is 2.69 bits per heavy atom. The lowest BCUT2D eigenvalue weighted by molar-refractivity contribution is 0.568. The summed E-state index contributed by atoms with van der Waals surface area (Å²) in [6.07, 6.45) is 7.82. The number of H-pyrrole nitrogens is 1. The first-order valence-electron chi connectivity index (χ1n) is 10.8. The monoisotopic (exact) mass is 472 g/mol. The lowest BCUT2D eigenvalue weighted by Crippen LogP contribution is -2.21. The third-order valence-electron chi connectivity index (χ3n) is 5.18. The first-order valence-corrected chi connectivity index (χ1v) is 12.0. The summed E-state index contributed by atoms with van der Waals surface area (Å²) in [4.78, 5) is 3.75. The summed E-state index contributed by atoms with van der Waals surface area (Å²) >= 11 is 7.45. The van der Waals surface area contributed by atoms with E-state index in [0.29, 0.717) is 16.0 Å². The molecule has 2 aromatic carbocycles. The molecule has 1 aromatic heterocycles. The van der Waals surface area contributed by atoms with Crippen LogP contribution in [0, 0.1) is 12.7 Å². The topological polar surface area (TPSA) is 51.9 Å². The van der Waals surface area contributed by atoms with Gasteiger partial charge in [0.25, 0.3) is 0 Å². The van der Waals surface area contributed by atoms with Crippen LogP contribution in [0.5, 0.6) is 0 Å². The molecule has 32 heavy (non-hydrogen) atoms. The highest BCUT2D eigenvalue weighted by Gasteiger charge is 2.10. The fourth-order valence-electron chi connectivity index (χ4n) is 3.50. The molecule has 3 aromatic rings. The number of unbranched alkanes of at least 4 members (excludes halogenated alkanes) is 1. The smallest absolute Gasteiger partial charge is 0.138 e. The molecular weight excluding hydrogens is 443 g/mol. The minimum Gasteiger partial charge on any atom is -0.376 e. The fraction of sp³-hybridized carbons (Fsp3) is 0.320. The van der Waals surface area contributed by atoms with Crippen molar-refractivity contribution in [3.05, 3.63) is 76.5 Å². The fourth-order valence-corrected chi connectivity index (χ4v) is 4.51. The molecule has 0 saturated heterocycles. The largest absolute Gasteiger partial charge is 0.376 e. The number of aromatic nitrogens is 1. The van der Waals surface area contributed by atoms with E-state index in [0.717, 1.165) is 28.7 Å². The first kappa shape index (κ1) is 24.3. The van der Waals surface area contributed by atoms with Crippen molar-refractivity contribution in [1.29, 1.82) is 0 Å². The summed E-state index contributed by atoms with van der Waals surface area (Å²) in [5, 5.41) is 8.21. The molecule has 4 rings (SSSR count). The van der Waals surface area contributed by atoms with E-state index in [2.05, 4.69) is 39.1 Å². The Morgan fingerprint density at radius 2 is 1.97 bits per heavy atom. The molecule has 1 aliphatic rings. The third kappa shape index (κ3) is 6.57. The number of rotatable bonds is 8. The van der Waals surface area contributed by atoms with Crippen LogP contribution in [0.25, 0.3) is 10.9 Å². The number of fused-ring (bicyclic) bond motifs is 1. The molecule has 4 nitrogen and oxygen atoms in total. The second-order valence-electron chi connectivity index (χ2n) is 7.74. The number of hydrogen-bond acceptors (Lipinski definition) is 4. The molecule has 1 unspecified atom stereocenters. The first-order chi connectivity index (χ1) is 15.5. The molecule has 0 spiro atoms. The lowest BCUT2D eigenvalue weighted by atomic mass is 10.1. The van der Waals surface area contributed by atoms with Gasteiger partial charge >= 0.3 is 0 Å². The molecule has 0 aliphatic carbocycles. The molecule has 0 bridgehead atoms. The SMILES string of the molecule is CNCCCCC1C=C=C(C)N1.Cc1c[nH]c2c(NSc3ccccc3F)ccc(Cl)c12. The van der Waals surface area contributed by atoms with Crippen molar-refractivity contribution in [3.63, 3.8) is 0 Å². The van der Waals surface area contributed by atoms with Crippen LogP contribution in [0.3, 0.4) is 0 Å². The number of aromatic amines is 1. The second-order valence-corrected chi connectivity index (χ2v) is 8.99. The average molecular weight is 473 g/mol. The summed E-state index contributed by atoms with van der Waals surface area (Å²) < 4.78 is 16.8. The molecule has 7 heteroatoms. The Balaban J connectivity index is 0.000000207. The van der Waals surface area contributed by atoms with E-state index in [-0.39, 0.29) is 5.82 Å². The number of anilines is 1. The zero-order chi connectivity index (χ0) is 22.9. The van der Waals surface area contributed by atoms with Gasteiger partial charge in [0.1, 0.15) is 5.82 Å². The Kier molecular flexibility index (Phi) is 9.12. The number of aryl methyl sites for hydroxylation is 1. The predicted octanol–water partition coefficient (Wildman–Crippen LogP) is 6.79. The van der Waals surface area contributed by atoms with Gasteiger partial charge in [-0.15, -0.1) is 5.73 Å². The minimum absolute atomic E-state index is 0.238. The number of benzene rings is 2. The molecule has 0 amide bonds. The highest BCUT2D eigenvalue weighted by Crippen LogP contribution is 2.34. The van der Waals surface area contributed by atoms with Crippen LogP contribution in [0.1, 0.15) is 31.7 Å². The van der Waals surface area contributed by atoms with Gasteiger partial charge in [0, 0.05) is 11.6 Å². The highest BCUT2D eigenvalue weighted by atomic mass is 35.5. The molecule has 4 N–H and O–H groups in total. The number of nitrogens with one attached hydrogen (secondary N) is 4. The maximum absolute atomic E-state index is 13.6. The van der Waals surface area contributed by atoms with Gasteiger partial charge < -0.3 is 20.3 Å². The van der Waals surface area contributed by atoms with E-state index < -0.39 is 0 Å². The van der Waals surface area contributed by atoms with Gasteiger partial charge in [-0.1, -0.05) is 23.7 Å². The quantitative estimate of drug-likeness (QED) is 0.165. The van der Waals surface area contributed by atoms with Crippen LogP contribution >= 0.6 is 23.5 Å². The van der Waals surface area contributed by atoms with E-state index in [9.17, 15) is 4.39 Å². The Bertz CT molecular complexity index is 1100. The average Bonchev–Trinajstić information content (AvgIpc) is 3.38. The van der Waals surface area contributed by atoms with Crippen molar-refractivity contribution in [1.82, 2.24) is 15.6 Å². The zero-order valence-electron chi connectivity index (χ0n) is 18.7. The Labute approximate surface area is 198 Å². The summed E-state index contributed by atoms with van der Waals surface area (Å²) in [6.45, 7) is 5.19. The summed E-state index contributed by atoms with van der Waals surface area (Å²) in [5.41, 5.74) is 7.25. The van der Waals surface area contributed by atoms with Crippen molar-refractivity contribution in [3.8, 4) is 0 Å². The number of hydrogen-bond donors (Lipinski definition) is 4. The van der Waals surface area contributed by atoms with E-state index in [4.69, 9.17) is 11.6 Å². The molecule has 0 saturated carbocycles. The summed E-state index contributed by atoms with van der Waals surface area (Å²) in [5.74, 6) is -0.238. The van der Waals surface area contributed by atoms with E-state index in [1.165, 1.54) is 43.0 Å². The summed E-state index contributed by atoms with van der Waals surface area (Å²) in [7, 11) is 2.00. The Morgan fingerprint density at radius 1 is 1.16 bits per heavy atom. The molecule has 0 radical (unpaired) electrons. The molecule has 0 fully saturated rings. The maximum atomic E-state index is 13.6. The van der Waals surface area contributed by atoms with Crippen molar-refractivity contribution in [2.45, 2.75) is 44.0 Å². The van der Waals surface area contributed by atoms with Crippen LogP contribution in [-0.4, -0.2) is 24.6 Å². The van der Waals surface area contributed by atoms with Crippen molar-refractivity contribution >= 4 is 40.1 Å². The van der Waals surface area contributed by atoms with Crippen molar-refractivity contribution < 1.29 is 4.39 Å². The standard InChI is InChI=1S/C15H12ClFN2S.C10H18N2/c1-9-8-18-15-12(7-6-10(16)14(9)15)19-20-13-5-3-2-4-11(13)17;1-9-6-7-10(12-9)5-3-4-8-11-2/h2-8,18-19H,1H3;7,10-12H,3-5,8H2,1-2H3. The van der Waals surface area contributed by atoms with Crippen LogP contribution in [0.4, 0.5) is 10.1 Å². The molecule has 170 valence electrons. The van der Waals surface area contributed by atoms with Crippen LogP contribution < -0.4 is 15.4 Å². The predicted molar refractivity (Wildman–Crippen MR) is 136 cm³/mol. The summed E-state index contributed by atoms with van der Waals surface area (Å²) in [6, 6.07) is 10.9. The maximum Gasteiger partial charge on any atom is 0.138 e. The third-order valence-corrected chi connectivity index (χ3v) is 6.37. The molecular formula is C25H30ClFN4S. The molecule has 1 atom stereocenters. The Hall–Kier alpha value is -2.37. The minimum atomic E-state index is -0.238. The van der Waals surface area contributed by atoms with Gasteiger partial charge in [-0.05, 0) is 94.6 Å². The number of halogens is 2. The normalized spacial score (nSPS) is 14.7. The van der Waals surface area contributed by atoms with Gasteiger partial charge in [-0.3, -0.25) is 0 Å². The second kappa shape index (κ2) is 12.0. The van der Waals surface area contributed by atoms with Crippen molar-refractivity contribution in [2.75, 3.05) is 18.3 Å². The van der Waals surface area contributed by atoms with Crippen LogP contribution in [0.2, 0.25) is 5.02 Å².